The van der Waals surface area contributed by atoms with Gasteiger partial charge >= 0.3 is 5.97 Å². The highest BCUT2D eigenvalue weighted by atomic mass is 32.2. The molecule has 2 rings (SSSR count). The SMILES string of the molecule is CCCCCCCCCCCCCCSCCC(=O)Oc1ccc(Sc2ccc(O)cc2)cc1. The van der Waals surface area contributed by atoms with Crippen LogP contribution in [-0.4, -0.2) is 22.6 Å². The molecule has 0 aliphatic rings. The summed E-state index contributed by atoms with van der Waals surface area (Å²) in [4.78, 5) is 14.2. The lowest BCUT2D eigenvalue weighted by Gasteiger charge is -2.06. The molecule has 0 bridgehead atoms. The van der Waals surface area contributed by atoms with E-state index in [0.717, 1.165) is 21.3 Å². The Bertz CT molecular complexity index is 775. The zero-order chi connectivity index (χ0) is 24.3. The highest BCUT2D eigenvalue weighted by Gasteiger charge is 2.06. The third-order valence-electron chi connectivity index (χ3n) is 5.72. The van der Waals surface area contributed by atoms with E-state index in [1.54, 1.807) is 23.9 Å². The first-order chi connectivity index (χ1) is 16.7. The summed E-state index contributed by atoms with van der Waals surface area (Å²) in [6, 6.07) is 14.7. The molecule has 5 heteroatoms. The van der Waals surface area contributed by atoms with E-state index in [4.69, 9.17) is 4.74 Å². The number of hydrogen-bond donors (Lipinski definition) is 1. The molecular weight excluding hydrogens is 460 g/mol. The first kappa shape index (κ1) is 28.6. The quantitative estimate of drug-likeness (QED) is 0.118. The summed E-state index contributed by atoms with van der Waals surface area (Å²) in [5.41, 5.74) is 0. The third-order valence-corrected chi connectivity index (χ3v) is 7.81. The molecule has 0 radical (unpaired) electrons. The Balaban J connectivity index is 1.42. The zero-order valence-electron chi connectivity index (χ0n) is 20.8. The van der Waals surface area contributed by atoms with E-state index >= 15 is 0 Å². The average molecular weight is 503 g/mol. The molecular formula is C29H42O3S2. The lowest BCUT2D eigenvalue weighted by molar-refractivity contribution is -0.133. The van der Waals surface area contributed by atoms with Crippen LogP contribution in [0.1, 0.15) is 90.4 Å². The molecule has 0 aliphatic heterocycles. The number of carbonyl (C=O) groups is 1. The molecule has 0 spiro atoms. The van der Waals surface area contributed by atoms with Crippen molar-refractivity contribution in [3.05, 3.63) is 48.5 Å². The number of thioether (sulfide) groups is 1. The maximum absolute atomic E-state index is 12.1. The predicted molar refractivity (Wildman–Crippen MR) is 147 cm³/mol. The Morgan fingerprint density at radius 2 is 1.21 bits per heavy atom. The second-order valence-corrected chi connectivity index (χ2v) is 11.2. The van der Waals surface area contributed by atoms with E-state index in [-0.39, 0.29) is 11.7 Å². The lowest BCUT2D eigenvalue weighted by Crippen LogP contribution is -2.08. The number of ether oxygens (including phenoxy) is 1. The van der Waals surface area contributed by atoms with E-state index in [1.807, 2.05) is 48.2 Å². The molecule has 0 saturated carbocycles. The summed E-state index contributed by atoms with van der Waals surface area (Å²) >= 11 is 3.46. The summed E-state index contributed by atoms with van der Waals surface area (Å²) < 4.78 is 5.46. The summed E-state index contributed by atoms with van der Waals surface area (Å²) in [5, 5.41) is 9.37. The van der Waals surface area contributed by atoms with Crippen molar-refractivity contribution in [3.8, 4) is 11.5 Å². The van der Waals surface area contributed by atoms with Crippen molar-refractivity contribution in [1.29, 1.82) is 0 Å². The van der Waals surface area contributed by atoms with Gasteiger partial charge in [-0.1, -0.05) is 89.3 Å². The van der Waals surface area contributed by atoms with Gasteiger partial charge in [-0.25, -0.2) is 0 Å². The molecule has 0 atom stereocenters. The standard InChI is InChI=1S/C29H42O3S2/c1-2-3-4-5-6-7-8-9-10-11-12-13-23-33-24-22-29(31)32-26-16-20-28(21-17-26)34-27-18-14-25(30)15-19-27/h14-21,30H,2-13,22-24H2,1H3. The Morgan fingerprint density at radius 1 is 0.706 bits per heavy atom. The molecule has 0 aromatic heterocycles. The summed E-state index contributed by atoms with van der Waals surface area (Å²) in [6.45, 7) is 2.27. The molecule has 0 heterocycles. The number of esters is 1. The van der Waals surface area contributed by atoms with E-state index in [9.17, 15) is 9.90 Å². The first-order valence-electron chi connectivity index (χ1n) is 13.0. The summed E-state index contributed by atoms with van der Waals surface area (Å²) in [5.74, 6) is 2.64. The van der Waals surface area contributed by atoms with E-state index in [2.05, 4.69) is 6.92 Å². The van der Waals surface area contributed by atoms with Gasteiger partial charge in [0.15, 0.2) is 0 Å². The van der Waals surface area contributed by atoms with Crippen molar-refractivity contribution in [3.63, 3.8) is 0 Å². The van der Waals surface area contributed by atoms with Crippen LogP contribution in [0.2, 0.25) is 0 Å². The van der Waals surface area contributed by atoms with Gasteiger partial charge in [0, 0.05) is 15.5 Å². The molecule has 3 nitrogen and oxygen atoms in total. The fourth-order valence-corrected chi connectivity index (χ4v) is 5.45. The normalized spacial score (nSPS) is 11.0. The van der Waals surface area contributed by atoms with Crippen molar-refractivity contribution in [2.45, 2.75) is 100 Å². The van der Waals surface area contributed by atoms with Crippen molar-refractivity contribution >= 4 is 29.5 Å². The Labute approximate surface area is 215 Å². The van der Waals surface area contributed by atoms with Crippen LogP contribution in [0.3, 0.4) is 0 Å². The van der Waals surface area contributed by atoms with Crippen LogP contribution in [0.25, 0.3) is 0 Å². The number of unbranched alkanes of at least 4 members (excludes halogenated alkanes) is 11. The van der Waals surface area contributed by atoms with Gasteiger partial charge in [-0.2, -0.15) is 11.8 Å². The molecule has 0 aliphatic carbocycles. The molecule has 2 aromatic carbocycles. The molecule has 0 fully saturated rings. The van der Waals surface area contributed by atoms with Crippen LogP contribution in [0, 0.1) is 0 Å². The van der Waals surface area contributed by atoms with Gasteiger partial charge < -0.3 is 9.84 Å². The minimum atomic E-state index is -0.166. The predicted octanol–water partition coefficient (Wildman–Crippen LogP) is 9.27. The molecule has 2 aromatic rings. The fraction of sp³-hybridized carbons (Fsp3) is 0.552. The van der Waals surface area contributed by atoms with E-state index in [1.165, 1.54) is 77.0 Å². The minimum absolute atomic E-state index is 0.166. The van der Waals surface area contributed by atoms with Crippen LogP contribution in [0.5, 0.6) is 11.5 Å². The smallest absolute Gasteiger partial charge is 0.312 e. The Morgan fingerprint density at radius 3 is 1.76 bits per heavy atom. The Hall–Kier alpha value is -1.59. The first-order valence-corrected chi connectivity index (χ1v) is 15.0. The largest absolute Gasteiger partial charge is 0.508 e. The van der Waals surface area contributed by atoms with E-state index < -0.39 is 0 Å². The number of phenolic OH excluding ortho intramolecular Hbond substituents is 1. The van der Waals surface area contributed by atoms with E-state index in [0.29, 0.717) is 12.2 Å². The van der Waals surface area contributed by atoms with Gasteiger partial charge in [-0.3, -0.25) is 4.79 Å². The molecule has 1 N–H and O–H groups in total. The number of phenols is 1. The highest BCUT2D eigenvalue weighted by molar-refractivity contribution is 7.99. The van der Waals surface area contributed by atoms with Gasteiger partial charge in [0.2, 0.25) is 0 Å². The fourth-order valence-electron chi connectivity index (χ4n) is 3.71. The number of benzene rings is 2. The summed E-state index contributed by atoms with van der Waals surface area (Å²) in [7, 11) is 0. The minimum Gasteiger partial charge on any atom is -0.508 e. The van der Waals surface area contributed by atoms with Gasteiger partial charge in [0.05, 0.1) is 6.42 Å². The van der Waals surface area contributed by atoms with Gasteiger partial charge in [-0.15, -0.1) is 0 Å². The number of rotatable bonds is 19. The van der Waals surface area contributed by atoms with Crippen molar-refractivity contribution in [1.82, 2.24) is 0 Å². The molecule has 188 valence electrons. The second-order valence-electron chi connectivity index (χ2n) is 8.79. The zero-order valence-corrected chi connectivity index (χ0v) is 22.4. The Kier molecular flexibility index (Phi) is 15.8. The lowest BCUT2D eigenvalue weighted by atomic mass is 10.1. The molecule has 34 heavy (non-hydrogen) atoms. The number of aromatic hydroxyl groups is 1. The molecule has 0 unspecified atom stereocenters. The van der Waals surface area contributed by atoms with Crippen molar-refractivity contribution in [2.24, 2.45) is 0 Å². The molecule has 0 saturated heterocycles. The van der Waals surface area contributed by atoms with Crippen molar-refractivity contribution in [2.75, 3.05) is 11.5 Å². The maximum Gasteiger partial charge on any atom is 0.312 e. The summed E-state index contributed by atoms with van der Waals surface area (Å²) in [6.07, 6.45) is 16.9. The van der Waals surface area contributed by atoms with Crippen LogP contribution >= 0.6 is 23.5 Å². The second kappa shape index (κ2) is 18.7. The number of hydrogen-bond acceptors (Lipinski definition) is 5. The number of carbonyl (C=O) groups excluding carboxylic acids is 1. The van der Waals surface area contributed by atoms with Gasteiger partial charge in [0.1, 0.15) is 11.5 Å². The van der Waals surface area contributed by atoms with Crippen LogP contribution in [-0.2, 0) is 4.79 Å². The average Bonchev–Trinajstić information content (AvgIpc) is 2.84. The topological polar surface area (TPSA) is 46.5 Å². The third kappa shape index (κ3) is 14.0. The van der Waals surface area contributed by atoms with Crippen LogP contribution < -0.4 is 4.74 Å². The van der Waals surface area contributed by atoms with Crippen LogP contribution in [0.4, 0.5) is 0 Å². The van der Waals surface area contributed by atoms with Gasteiger partial charge in [0.25, 0.3) is 0 Å². The van der Waals surface area contributed by atoms with Crippen molar-refractivity contribution < 1.29 is 14.6 Å². The van der Waals surface area contributed by atoms with Crippen LogP contribution in [0.15, 0.2) is 58.3 Å². The highest BCUT2D eigenvalue weighted by Crippen LogP contribution is 2.30. The monoisotopic (exact) mass is 502 g/mol. The molecule has 0 amide bonds. The maximum atomic E-state index is 12.1. The van der Waals surface area contributed by atoms with Gasteiger partial charge in [-0.05, 0) is 60.7 Å².